The van der Waals surface area contributed by atoms with Gasteiger partial charge < -0.3 is 14.9 Å². The molecule has 0 saturated carbocycles. The summed E-state index contributed by atoms with van der Waals surface area (Å²) < 4.78 is 54.4. The van der Waals surface area contributed by atoms with Crippen molar-refractivity contribution in [3.05, 3.63) is 41.4 Å². The Morgan fingerprint density at radius 1 is 1.26 bits per heavy atom. The highest BCUT2D eigenvalue weighted by atomic mass is 19.4. The number of piperidine rings is 1. The summed E-state index contributed by atoms with van der Waals surface area (Å²) in [6.45, 7) is 1.32. The average Bonchev–Trinajstić information content (AvgIpc) is 3.00. The standard InChI is InChI=1S/C15H16F4N2O2/c16-12-8-10(22-15(17,18)19)1-2-11(12)13-7-9(3-5-20-13)14-4-6-21-23-14/h1-2,4,8-9,13,20-21H,3,5-7H2/t9-,13+/m0/s1. The molecule has 2 heterocycles. The van der Waals surface area contributed by atoms with Crippen molar-refractivity contribution in [1.82, 2.24) is 10.8 Å². The van der Waals surface area contributed by atoms with Crippen LogP contribution in [0.5, 0.6) is 5.75 Å². The smallest absolute Gasteiger partial charge is 0.413 e. The molecule has 2 aliphatic rings. The van der Waals surface area contributed by atoms with Crippen molar-refractivity contribution in [2.24, 2.45) is 5.92 Å². The third-order valence-corrected chi connectivity index (χ3v) is 3.96. The predicted octanol–water partition coefficient (Wildman–Crippen LogP) is 3.18. The number of hydrogen-bond donors (Lipinski definition) is 2. The van der Waals surface area contributed by atoms with Crippen LogP contribution in [-0.4, -0.2) is 19.5 Å². The number of rotatable bonds is 3. The lowest BCUT2D eigenvalue weighted by molar-refractivity contribution is -0.274. The van der Waals surface area contributed by atoms with Gasteiger partial charge in [-0.3, -0.25) is 0 Å². The Labute approximate surface area is 130 Å². The van der Waals surface area contributed by atoms with Gasteiger partial charge in [0.2, 0.25) is 0 Å². The van der Waals surface area contributed by atoms with E-state index in [-0.39, 0.29) is 12.0 Å². The molecule has 8 heteroatoms. The third-order valence-electron chi connectivity index (χ3n) is 3.96. The quantitative estimate of drug-likeness (QED) is 0.835. The molecule has 0 radical (unpaired) electrons. The summed E-state index contributed by atoms with van der Waals surface area (Å²) in [4.78, 5) is 5.33. The van der Waals surface area contributed by atoms with E-state index in [2.05, 4.69) is 15.5 Å². The van der Waals surface area contributed by atoms with E-state index in [0.717, 1.165) is 24.3 Å². The highest BCUT2D eigenvalue weighted by Crippen LogP contribution is 2.35. The topological polar surface area (TPSA) is 42.5 Å². The van der Waals surface area contributed by atoms with E-state index in [1.165, 1.54) is 6.07 Å². The van der Waals surface area contributed by atoms with E-state index in [1.807, 2.05) is 6.08 Å². The van der Waals surface area contributed by atoms with Gasteiger partial charge in [0.1, 0.15) is 17.3 Å². The molecule has 3 rings (SSSR count). The van der Waals surface area contributed by atoms with Gasteiger partial charge in [-0.15, -0.1) is 13.2 Å². The van der Waals surface area contributed by atoms with Crippen LogP contribution >= 0.6 is 0 Å². The van der Waals surface area contributed by atoms with Gasteiger partial charge in [0.25, 0.3) is 0 Å². The van der Waals surface area contributed by atoms with Crippen LogP contribution in [0, 0.1) is 11.7 Å². The highest BCUT2D eigenvalue weighted by Gasteiger charge is 2.32. The van der Waals surface area contributed by atoms with E-state index in [0.29, 0.717) is 25.1 Å². The molecular weight excluding hydrogens is 316 g/mol. The Balaban J connectivity index is 1.73. The van der Waals surface area contributed by atoms with Gasteiger partial charge in [-0.1, -0.05) is 6.07 Å². The first-order valence-corrected chi connectivity index (χ1v) is 7.31. The lowest BCUT2D eigenvalue weighted by atomic mass is 9.87. The molecule has 23 heavy (non-hydrogen) atoms. The average molecular weight is 332 g/mol. The number of ether oxygens (including phenoxy) is 1. The molecule has 2 aliphatic heterocycles. The molecule has 1 fully saturated rings. The largest absolute Gasteiger partial charge is 0.573 e. The molecule has 0 amide bonds. The second kappa shape index (κ2) is 6.37. The molecule has 0 unspecified atom stereocenters. The number of allylic oxidation sites excluding steroid dienone is 1. The van der Waals surface area contributed by atoms with E-state index >= 15 is 0 Å². The van der Waals surface area contributed by atoms with Crippen molar-refractivity contribution in [1.29, 1.82) is 0 Å². The van der Waals surface area contributed by atoms with Crippen LogP contribution in [0.3, 0.4) is 0 Å². The van der Waals surface area contributed by atoms with Crippen LogP contribution in [0.2, 0.25) is 0 Å². The van der Waals surface area contributed by atoms with Gasteiger partial charge >= 0.3 is 6.36 Å². The van der Waals surface area contributed by atoms with Crippen molar-refractivity contribution in [2.75, 3.05) is 13.1 Å². The van der Waals surface area contributed by atoms with E-state index < -0.39 is 17.9 Å². The lowest BCUT2D eigenvalue weighted by Gasteiger charge is -2.31. The maximum atomic E-state index is 14.2. The Bertz CT molecular complexity index is 604. The van der Waals surface area contributed by atoms with E-state index in [1.54, 1.807) is 0 Å². The molecule has 1 aromatic carbocycles. The summed E-state index contributed by atoms with van der Waals surface area (Å²) in [6, 6.07) is 2.95. The van der Waals surface area contributed by atoms with Gasteiger partial charge in [-0.05, 0) is 31.5 Å². The van der Waals surface area contributed by atoms with Crippen LogP contribution in [0.15, 0.2) is 30.0 Å². The van der Waals surface area contributed by atoms with Crippen molar-refractivity contribution >= 4 is 0 Å². The highest BCUT2D eigenvalue weighted by molar-refractivity contribution is 5.31. The van der Waals surface area contributed by atoms with Gasteiger partial charge in [0, 0.05) is 23.6 Å². The summed E-state index contributed by atoms with van der Waals surface area (Å²) in [7, 11) is 0. The minimum atomic E-state index is -4.83. The van der Waals surface area contributed by atoms with Gasteiger partial charge in [-0.2, -0.15) is 5.48 Å². The van der Waals surface area contributed by atoms with Gasteiger partial charge in [0.05, 0.1) is 6.54 Å². The van der Waals surface area contributed by atoms with Crippen LogP contribution in [0.4, 0.5) is 17.6 Å². The van der Waals surface area contributed by atoms with Gasteiger partial charge in [0.15, 0.2) is 0 Å². The Morgan fingerprint density at radius 2 is 2.09 bits per heavy atom. The number of halogens is 4. The predicted molar refractivity (Wildman–Crippen MR) is 73.7 cm³/mol. The van der Waals surface area contributed by atoms with E-state index in [9.17, 15) is 17.6 Å². The SMILES string of the molecule is Fc1cc(OC(F)(F)F)ccc1[C@H]1C[C@@H](C2=CCNO2)CCN1. The number of hydroxylamine groups is 1. The zero-order valence-corrected chi connectivity index (χ0v) is 12.1. The van der Waals surface area contributed by atoms with Crippen LogP contribution in [-0.2, 0) is 4.84 Å². The molecule has 1 saturated heterocycles. The first-order chi connectivity index (χ1) is 10.9. The molecule has 0 bridgehead atoms. The second-order valence-electron chi connectivity index (χ2n) is 5.52. The Morgan fingerprint density at radius 3 is 2.74 bits per heavy atom. The number of hydrogen-bond acceptors (Lipinski definition) is 4. The fourth-order valence-corrected chi connectivity index (χ4v) is 2.96. The summed E-state index contributed by atoms with van der Waals surface area (Å²) in [6.07, 6.45) is -1.41. The van der Waals surface area contributed by atoms with E-state index in [4.69, 9.17) is 4.84 Å². The zero-order chi connectivity index (χ0) is 16.4. The summed E-state index contributed by atoms with van der Waals surface area (Å²) >= 11 is 0. The zero-order valence-electron chi connectivity index (χ0n) is 12.1. The fraction of sp³-hybridized carbons (Fsp3) is 0.467. The van der Waals surface area contributed by atoms with Crippen molar-refractivity contribution in [2.45, 2.75) is 25.2 Å². The van der Waals surface area contributed by atoms with Crippen molar-refractivity contribution in [3.8, 4) is 5.75 Å². The maximum Gasteiger partial charge on any atom is 0.573 e. The Kier molecular flexibility index (Phi) is 4.45. The molecular formula is C15H16F4N2O2. The number of benzene rings is 1. The molecule has 4 nitrogen and oxygen atoms in total. The Hall–Kier alpha value is -1.80. The minimum absolute atomic E-state index is 0.154. The first-order valence-electron chi connectivity index (χ1n) is 7.31. The van der Waals surface area contributed by atoms with Crippen LogP contribution < -0.4 is 15.5 Å². The lowest BCUT2D eigenvalue weighted by Crippen LogP contribution is -2.33. The molecule has 1 aromatic rings. The number of alkyl halides is 3. The fourth-order valence-electron chi connectivity index (χ4n) is 2.96. The molecule has 126 valence electrons. The van der Waals surface area contributed by atoms with Crippen molar-refractivity contribution in [3.63, 3.8) is 0 Å². The molecule has 0 aliphatic carbocycles. The monoisotopic (exact) mass is 332 g/mol. The third kappa shape index (κ3) is 3.94. The molecule has 2 atom stereocenters. The first kappa shape index (κ1) is 16.1. The summed E-state index contributed by atoms with van der Waals surface area (Å²) in [5.41, 5.74) is 3.08. The number of nitrogens with one attached hydrogen (secondary N) is 2. The summed E-state index contributed by atoms with van der Waals surface area (Å²) in [5.74, 6) is -0.280. The second-order valence-corrected chi connectivity index (χ2v) is 5.52. The van der Waals surface area contributed by atoms with Crippen LogP contribution in [0.1, 0.15) is 24.4 Å². The maximum absolute atomic E-state index is 14.2. The summed E-state index contributed by atoms with van der Waals surface area (Å²) in [5, 5.41) is 3.19. The molecule has 2 N–H and O–H groups in total. The molecule has 0 aromatic heterocycles. The minimum Gasteiger partial charge on any atom is -0.413 e. The van der Waals surface area contributed by atoms with Gasteiger partial charge in [-0.25, -0.2) is 4.39 Å². The van der Waals surface area contributed by atoms with Crippen molar-refractivity contribution < 1.29 is 27.1 Å². The normalized spacial score (nSPS) is 25.0. The van der Waals surface area contributed by atoms with Crippen LogP contribution in [0.25, 0.3) is 0 Å². The molecule has 0 spiro atoms.